The number of nitro benzene ring substituents is 1. The molecule has 0 saturated heterocycles. The molecule has 2 rings (SSSR count). The van der Waals surface area contributed by atoms with Gasteiger partial charge in [0.1, 0.15) is 5.01 Å². The molecular weight excluding hydrogens is 358 g/mol. The third-order valence-electron chi connectivity index (χ3n) is 2.76. The standard InChI is InChI=1S/C13H12BrN3O3S/c1-7-6-15-13(21-7)8(2)16-12(18)10-5-9(17(19)20)3-4-11(10)14/h3-6,8H,1-2H3,(H,16,18). The second-order valence-electron chi connectivity index (χ2n) is 4.43. The summed E-state index contributed by atoms with van der Waals surface area (Å²) in [7, 11) is 0. The molecule has 0 fully saturated rings. The number of aromatic nitrogens is 1. The maximum atomic E-state index is 12.2. The lowest BCUT2D eigenvalue weighted by Crippen LogP contribution is -2.26. The molecule has 0 saturated carbocycles. The second-order valence-corrected chi connectivity index (χ2v) is 6.55. The Hall–Kier alpha value is -1.80. The summed E-state index contributed by atoms with van der Waals surface area (Å²) < 4.78 is 0.508. The van der Waals surface area contributed by atoms with Gasteiger partial charge in [-0.15, -0.1) is 11.3 Å². The molecule has 1 aromatic carbocycles. The predicted molar refractivity (Wildman–Crippen MR) is 83.5 cm³/mol. The fourth-order valence-electron chi connectivity index (χ4n) is 1.71. The summed E-state index contributed by atoms with van der Waals surface area (Å²) in [4.78, 5) is 27.8. The summed E-state index contributed by atoms with van der Waals surface area (Å²) in [5.41, 5.74) is 0.102. The normalized spacial score (nSPS) is 12.0. The molecule has 1 unspecified atom stereocenters. The number of rotatable bonds is 4. The van der Waals surface area contributed by atoms with E-state index in [1.54, 1.807) is 6.20 Å². The molecule has 0 spiro atoms. The second kappa shape index (κ2) is 6.31. The van der Waals surface area contributed by atoms with Crippen molar-refractivity contribution < 1.29 is 9.72 Å². The van der Waals surface area contributed by atoms with Crippen molar-refractivity contribution in [2.24, 2.45) is 0 Å². The number of benzene rings is 1. The predicted octanol–water partition coefficient (Wildman–Crippen LogP) is 3.61. The van der Waals surface area contributed by atoms with Crippen LogP contribution in [0.4, 0.5) is 5.69 Å². The third kappa shape index (κ3) is 3.64. The Morgan fingerprint density at radius 1 is 1.52 bits per heavy atom. The quantitative estimate of drug-likeness (QED) is 0.658. The fraction of sp³-hybridized carbons (Fsp3) is 0.231. The number of nitrogens with one attached hydrogen (secondary N) is 1. The van der Waals surface area contributed by atoms with Gasteiger partial charge >= 0.3 is 0 Å². The van der Waals surface area contributed by atoms with Gasteiger partial charge in [-0.05, 0) is 35.8 Å². The van der Waals surface area contributed by atoms with Crippen LogP contribution in [0.3, 0.4) is 0 Å². The van der Waals surface area contributed by atoms with Gasteiger partial charge in [0, 0.05) is 27.7 Å². The molecule has 1 N–H and O–H groups in total. The van der Waals surface area contributed by atoms with Crippen LogP contribution in [0.25, 0.3) is 0 Å². The summed E-state index contributed by atoms with van der Waals surface area (Å²) in [6, 6.07) is 3.82. The number of hydrogen-bond acceptors (Lipinski definition) is 5. The van der Waals surface area contributed by atoms with Gasteiger partial charge in [-0.2, -0.15) is 0 Å². The number of nitro groups is 1. The van der Waals surface area contributed by atoms with Gasteiger partial charge in [0.15, 0.2) is 0 Å². The molecule has 1 amide bonds. The molecule has 0 radical (unpaired) electrons. The van der Waals surface area contributed by atoms with E-state index in [0.29, 0.717) is 4.47 Å². The van der Waals surface area contributed by atoms with Gasteiger partial charge in [-0.3, -0.25) is 14.9 Å². The molecule has 0 bridgehead atoms. The lowest BCUT2D eigenvalue weighted by molar-refractivity contribution is -0.384. The third-order valence-corrected chi connectivity index (χ3v) is 4.55. The lowest BCUT2D eigenvalue weighted by Gasteiger charge is -2.12. The van der Waals surface area contributed by atoms with Gasteiger partial charge in [0.25, 0.3) is 11.6 Å². The maximum absolute atomic E-state index is 12.2. The minimum atomic E-state index is -0.531. The zero-order valence-electron chi connectivity index (χ0n) is 11.3. The smallest absolute Gasteiger partial charge is 0.270 e. The molecule has 1 atom stereocenters. The van der Waals surface area contributed by atoms with E-state index in [2.05, 4.69) is 26.2 Å². The maximum Gasteiger partial charge on any atom is 0.270 e. The molecule has 0 aliphatic carbocycles. The number of aryl methyl sites for hydroxylation is 1. The highest BCUT2D eigenvalue weighted by molar-refractivity contribution is 9.10. The molecule has 1 heterocycles. The van der Waals surface area contributed by atoms with Crippen LogP contribution in [-0.4, -0.2) is 15.8 Å². The molecule has 0 aliphatic rings. The van der Waals surface area contributed by atoms with Crippen molar-refractivity contribution in [3.8, 4) is 0 Å². The van der Waals surface area contributed by atoms with Gasteiger partial charge < -0.3 is 5.32 Å². The molecule has 8 heteroatoms. The zero-order valence-corrected chi connectivity index (χ0v) is 13.7. The lowest BCUT2D eigenvalue weighted by atomic mass is 10.2. The molecule has 2 aromatic rings. The minimum absolute atomic E-state index is 0.124. The van der Waals surface area contributed by atoms with Crippen molar-refractivity contribution in [3.05, 3.63) is 54.4 Å². The highest BCUT2D eigenvalue weighted by Crippen LogP contribution is 2.24. The van der Waals surface area contributed by atoms with E-state index in [4.69, 9.17) is 0 Å². The van der Waals surface area contributed by atoms with Crippen LogP contribution in [0.5, 0.6) is 0 Å². The molecule has 6 nitrogen and oxygen atoms in total. The Labute approximate surface area is 133 Å². The van der Waals surface area contributed by atoms with Crippen LogP contribution in [-0.2, 0) is 0 Å². The number of amides is 1. The van der Waals surface area contributed by atoms with Crippen LogP contribution in [0.15, 0.2) is 28.9 Å². The van der Waals surface area contributed by atoms with E-state index in [1.807, 2.05) is 13.8 Å². The van der Waals surface area contributed by atoms with Crippen LogP contribution in [0.2, 0.25) is 0 Å². The first-order valence-electron chi connectivity index (χ1n) is 6.05. The SMILES string of the molecule is Cc1cnc(C(C)NC(=O)c2cc([N+](=O)[O-])ccc2Br)s1. The summed E-state index contributed by atoms with van der Waals surface area (Å²) in [6.45, 7) is 3.76. The monoisotopic (exact) mass is 369 g/mol. The Morgan fingerprint density at radius 2 is 2.24 bits per heavy atom. The number of thiazole rings is 1. The van der Waals surface area contributed by atoms with Crippen molar-refractivity contribution in [1.82, 2.24) is 10.3 Å². The number of non-ortho nitro benzene ring substituents is 1. The van der Waals surface area contributed by atoms with E-state index in [-0.39, 0.29) is 23.2 Å². The molecule has 21 heavy (non-hydrogen) atoms. The van der Waals surface area contributed by atoms with Gasteiger partial charge in [-0.25, -0.2) is 4.98 Å². The average molecular weight is 370 g/mol. The van der Waals surface area contributed by atoms with Crippen LogP contribution in [0, 0.1) is 17.0 Å². The summed E-state index contributed by atoms with van der Waals surface area (Å²) in [5.74, 6) is -0.383. The molecule has 1 aromatic heterocycles. The van der Waals surface area contributed by atoms with E-state index < -0.39 is 4.92 Å². The van der Waals surface area contributed by atoms with Crippen LogP contribution in [0.1, 0.15) is 33.2 Å². The first kappa shape index (κ1) is 15.6. The molecular formula is C13H12BrN3O3S. The largest absolute Gasteiger partial charge is 0.343 e. The molecule has 110 valence electrons. The zero-order chi connectivity index (χ0) is 15.6. The Balaban J connectivity index is 2.20. The van der Waals surface area contributed by atoms with Crippen LogP contribution >= 0.6 is 27.3 Å². The number of nitrogens with zero attached hydrogens (tertiary/aromatic N) is 2. The first-order valence-corrected chi connectivity index (χ1v) is 7.66. The van der Waals surface area contributed by atoms with Gasteiger partial charge in [0.2, 0.25) is 0 Å². The topological polar surface area (TPSA) is 85.1 Å². The van der Waals surface area contributed by atoms with Crippen LogP contribution < -0.4 is 5.32 Å². The van der Waals surface area contributed by atoms with Gasteiger partial charge in [-0.1, -0.05) is 0 Å². The van der Waals surface area contributed by atoms with Crippen molar-refractivity contribution in [3.63, 3.8) is 0 Å². The first-order chi connectivity index (χ1) is 9.88. The minimum Gasteiger partial charge on any atom is -0.343 e. The van der Waals surface area contributed by atoms with Crippen molar-refractivity contribution >= 4 is 38.9 Å². The van der Waals surface area contributed by atoms with E-state index in [9.17, 15) is 14.9 Å². The van der Waals surface area contributed by atoms with E-state index >= 15 is 0 Å². The Kier molecular flexibility index (Phi) is 4.69. The van der Waals surface area contributed by atoms with E-state index in [1.165, 1.54) is 29.5 Å². The van der Waals surface area contributed by atoms with E-state index in [0.717, 1.165) is 9.88 Å². The average Bonchev–Trinajstić information content (AvgIpc) is 2.85. The Bertz CT molecular complexity index is 702. The summed E-state index contributed by atoms with van der Waals surface area (Å²) in [6.07, 6.45) is 1.74. The number of halogens is 1. The highest BCUT2D eigenvalue weighted by atomic mass is 79.9. The van der Waals surface area contributed by atoms with Gasteiger partial charge in [0.05, 0.1) is 16.5 Å². The fourth-order valence-corrected chi connectivity index (χ4v) is 2.91. The highest BCUT2D eigenvalue weighted by Gasteiger charge is 2.18. The Morgan fingerprint density at radius 3 is 2.81 bits per heavy atom. The number of carbonyl (C=O) groups excluding carboxylic acids is 1. The van der Waals surface area contributed by atoms with Crippen molar-refractivity contribution in [2.75, 3.05) is 0 Å². The number of hydrogen-bond donors (Lipinski definition) is 1. The van der Waals surface area contributed by atoms with Crippen molar-refractivity contribution in [1.29, 1.82) is 0 Å². The summed E-state index contributed by atoms with van der Waals surface area (Å²) in [5, 5.41) is 14.4. The molecule has 0 aliphatic heterocycles. The number of carbonyl (C=O) groups is 1. The van der Waals surface area contributed by atoms with Crippen molar-refractivity contribution in [2.45, 2.75) is 19.9 Å². The summed E-state index contributed by atoms with van der Waals surface area (Å²) >= 11 is 4.73.